The summed E-state index contributed by atoms with van der Waals surface area (Å²) in [6.07, 6.45) is 2.83. The first-order valence-electron chi connectivity index (χ1n) is 6.12. The first-order chi connectivity index (χ1) is 7.71. The van der Waals surface area contributed by atoms with Crippen LogP contribution in [0.4, 0.5) is 0 Å². The summed E-state index contributed by atoms with van der Waals surface area (Å²) >= 11 is 0. The van der Waals surface area contributed by atoms with Crippen molar-refractivity contribution in [2.24, 2.45) is 5.92 Å². The second-order valence-electron chi connectivity index (χ2n) is 5.06. The molecule has 2 aliphatic rings. The molecular weight excluding hydrogens is 200 g/mol. The smallest absolute Gasteiger partial charge is 0.198 e. The Morgan fingerprint density at radius 3 is 2.12 bits per heavy atom. The molecule has 2 atom stereocenters. The van der Waals surface area contributed by atoms with Crippen LogP contribution in [-0.4, -0.2) is 12.2 Å². The number of rotatable bonds is 1. The van der Waals surface area contributed by atoms with Gasteiger partial charge >= 0.3 is 0 Å². The van der Waals surface area contributed by atoms with E-state index in [1.165, 1.54) is 5.56 Å². The van der Waals surface area contributed by atoms with Gasteiger partial charge in [-0.1, -0.05) is 30.3 Å². The number of ether oxygens (including phenoxy) is 2. The van der Waals surface area contributed by atoms with Gasteiger partial charge in [-0.2, -0.15) is 0 Å². The van der Waals surface area contributed by atoms with Gasteiger partial charge in [0.2, 0.25) is 0 Å². The molecule has 3 rings (SSSR count). The van der Waals surface area contributed by atoms with E-state index in [1.807, 2.05) is 6.07 Å². The second kappa shape index (κ2) is 3.57. The fraction of sp³-hybridized carbons (Fsp3) is 0.571. The number of fused-ring (bicyclic) bond motifs is 1. The van der Waals surface area contributed by atoms with E-state index >= 15 is 0 Å². The van der Waals surface area contributed by atoms with Gasteiger partial charge in [-0.05, 0) is 26.7 Å². The van der Waals surface area contributed by atoms with Gasteiger partial charge in [-0.25, -0.2) is 0 Å². The molecule has 0 spiro atoms. The minimum Gasteiger partial charge on any atom is -0.343 e. The third-order valence-corrected chi connectivity index (χ3v) is 3.70. The molecule has 0 bridgehead atoms. The highest BCUT2D eigenvalue weighted by molar-refractivity contribution is 5.24. The lowest BCUT2D eigenvalue weighted by atomic mass is 9.89. The van der Waals surface area contributed by atoms with Gasteiger partial charge in [0.05, 0.1) is 12.2 Å². The summed E-state index contributed by atoms with van der Waals surface area (Å²) in [5, 5.41) is 0. The highest BCUT2D eigenvalue weighted by Gasteiger charge is 2.55. The molecule has 2 heterocycles. The van der Waals surface area contributed by atoms with E-state index in [9.17, 15) is 0 Å². The lowest BCUT2D eigenvalue weighted by Gasteiger charge is -2.29. The topological polar surface area (TPSA) is 18.5 Å². The van der Waals surface area contributed by atoms with Gasteiger partial charge in [-0.3, -0.25) is 0 Å². The fourth-order valence-corrected chi connectivity index (χ4v) is 3.16. The molecule has 1 aromatic carbocycles. The standard InChI is InChI=1S/C14H18O2/c1-10-8-13-9-11(2)16-14(13,15-10)12-6-4-3-5-7-12/h3-7,10-11,13H,8-9H2,1-2H3/t10-,11-,13?,14?/m1/s1. The van der Waals surface area contributed by atoms with Crippen molar-refractivity contribution in [2.75, 3.05) is 0 Å². The van der Waals surface area contributed by atoms with Crippen molar-refractivity contribution in [3.05, 3.63) is 35.9 Å². The van der Waals surface area contributed by atoms with E-state index in [0.717, 1.165) is 12.8 Å². The van der Waals surface area contributed by atoms with Crippen molar-refractivity contribution >= 4 is 0 Å². The van der Waals surface area contributed by atoms with Crippen molar-refractivity contribution in [2.45, 2.75) is 44.7 Å². The van der Waals surface area contributed by atoms with E-state index < -0.39 is 5.79 Å². The maximum absolute atomic E-state index is 6.11. The summed E-state index contributed by atoms with van der Waals surface area (Å²) in [6, 6.07) is 10.4. The first-order valence-corrected chi connectivity index (χ1v) is 6.12. The monoisotopic (exact) mass is 218 g/mol. The van der Waals surface area contributed by atoms with E-state index in [2.05, 4.69) is 38.1 Å². The third kappa shape index (κ3) is 1.40. The summed E-state index contributed by atoms with van der Waals surface area (Å²) in [5.41, 5.74) is 1.17. The molecule has 2 fully saturated rings. The van der Waals surface area contributed by atoms with Gasteiger partial charge in [0.1, 0.15) is 0 Å². The van der Waals surface area contributed by atoms with Crippen LogP contribution in [-0.2, 0) is 15.3 Å². The Balaban J connectivity index is 2.01. The molecule has 0 saturated carbocycles. The fourth-order valence-electron chi connectivity index (χ4n) is 3.16. The molecule has 0 aliphatic carbocycles. The zero-order valence-electron chi connectivity index (χ0n) is 9.85. The van der Waals surface area contributed by atoms with Gasteiger partial charge in [-0.15, -0.1) is 0 Å². The van der Waals surface area contributed by atoms with Crippen LogP contribution >= 0.6 is 0 Å². The lowest BCUT2D eigenvalue weighted by molar-refractivity contribution is -0.234. The molecule has 2 nitrogen and oxygen atoms in total. The van der Waals surface area contributed by atoms with E-state index in [4.69, 9.17) is 9.47 Å². The maximum atomic E-state index is 6.11. The van der Waals surface area contributed by atoms with Crippen LogP contribution in [0.1, 0.15) is 32.3 Å². The van der Waals surface area contributed by atoms with Crippen LogP contribution in [0.15, 0.2) is 30.3 Å². The highest BCUT2D eigenvalue weighted by Crippen LogP contribution is 2.52. The first kappa shape index (κ1) is 10.3. The summed E-state index contributed by atoms with van der Waals surface area (Å²) in [4.78, 5) is 0. The van der Waals surface area contributed by atoms with Crippen LogP contribution in [0.25, 0.3) is 0 Å². The van der Waals surface area contributed by atoms with E-state index in [1.54, 1.807) is 0 Å². The highest BCUT2D eigenvalue weighted by atomic mass is 16.7. The molecule has 0 amide bonds. The summed E-state index contributed by atoms with van der Waals surface area (Å²) in [5.74, 6) is 0.0556. The predicted octanol–water partition coefficient (Wildman–Crippen LogP) is 3.07. The molecule has 1 aromatic rings. The largest absolute Gasteiger partial charge is 0.343 e. The zero-order valence-corrected chi connectivity index (χ0v) is 9.85. The van der Waals surface area contributed by atoms with Crippen molar-refractivity contribution in [1.82, 2.24) is 0 Å². The van der Waals surface area contributed by atoms with Gasteiger partial charge in [0.25, 0.3) is 0 Å². The third-order valence-electron chi connectivity index (χ3n) is 3.70. The van der Waals surface area contributed by atoms with Gasteiger partial charge < -0.3 is 9.47 Å². The molecule has 0 radical (unpaired) electrons. The summed E-state index contributed by atoms with van der Waals surface area (Å²) in [6.45, 7) is 4.27. The van der Waals surface area contributed by atoms with Crippen molar-refractivity contribution < 1.29 is 9.47 Å². The van der Waals surface area contributed by atoms with Crippen LogP contribution in [0.3, 0.4) is 0 Å². The maximum Gasteiger partial charge on any atom is 0.198 e. The van der Waals surface area contributed by atoms with E-state index in [-0.39, 0.29) is 0 Å². The average molecular weight is 218 g/mol. The number of hydrogen-bond acceptors (Lipinski definition) is 2. The molecule has 2 saturated heterocycles. The zero-order chi connectivity index (χ0) is 11.2. The summed E-state index contributed by atoms with van der Waals surface area (Å²) in [7, 11) is 0. The van der Waals surface area contributed by atoms with Gasteiger partial charge in [0.15, 0.2) is 5.79 Å². The van der Waals surface area contributed by atoms with Crippen molar-refractivity contribution in [3.8, 4) is 0 Å². The second-order valence-corrected chi connectivity index (χ2v) is 5.06. The molecule has 0 unspecified atom stereocenters. The molecule has 2 aliphatic heterocycles. The quantitative estimate of drug-likeness (QED) is 0.721. The Labute approximate surface area is 96.6 Å². The molecule has 2 heteroatoms. The SMILES string of the molecule is C[C@@H]1CC2C[C@@H](C)OC2(c2ccccc2)O1. The predicted molar refractivity (Wildman–Crippen MR) is 61.9 cm³/mol. The number of hydrogen-bond donors (Lipinski definition) is 0. The number of benzene rings is 1. The Morgan fingerprint density at radius 2 is 1.56 bits per heavy atom. The van der Waals surface area contributed by atoms with Crippen LogP contribution in [0, 0.1) is 5.92 Å². The van der Waals surface area contributed by atoms with Crippen LogP contribution in [0.2, 0.25) is 0 Å². The minimum atomic E-state index is -0.458. The Kier molecular flexibility index (Phi) is 2.30. The molecule has 16 heavy (non-hydrogen) atoms. The Hall–Kier alpha value is -0.860. The summed E-state index contributed by atoms with van der Waals surface area (Å²) < 4.78 is 12.2. The van der Waals surface area contributed by atoms with Crippen LogP contribution in [0.5, 0.6) is 0 Å². The molecular formula is C14H18O2. The van der Waals surface area contributed by atoms with Gasteiger partial charge in [0, 0.05) is 11.5 Å². The Bertz CT molecular complexity index is 360. The normalized spacial score (nSPS) is 42.2. The molecule has 0 N–H and O–H groups in total. The minimum absolute atomic E-state index is 0.303. The van der Waals surface area contributed by atoms with Crippen molar-refractivity contribution in [3.63, 3.8) is 0 Å². The van der Waals surface area contributed by atoms with E-state index in [0.29, 0.717) is 18.1 Å². The molecule has 86 valence electrons. The molecule has 0 aromatic heterocycles. The van der Waals surface area contributed by atoms with Crippen molar-refractivity contribution in [1.29, 1.82) is 0 Å². The lowest BCUT2D eigenvalue weighted by Crippen LogP contribution is -2.31. The Morgan fingerprint density at radius 1 is 1.00 bits per heavy atom. The average Bonchev–Trinajstić information content (AvgIpc) is 2.71. The van der Waals surface area contributed by atoms with Crippen LogP contribution < -0.4 is 0 Å².